The van der Waals surface area contributed by atoms with Gasteiger partial charge in [0.25, 0.3) is 5.92 Å². The highest BCUT2D eigenvalue weighted by Gasteiger charge is 2.43. The summed E-state index contributed by atoms with van der Waals surface area (Å²) in [7, 11) is 0. The zero-order chi connectivity index (χ0) is 25.6. The highest BCUT2D eigenvalue weighted by molar-refractivity contribution is 9.10. The van der Waals surface area contributed by atoms with Crippen LogP contribution in [0.2, 0.25) is 0 Å². The van der Waals surface area contributed by atoms with E-state index in [2.05, 4.69) is 20.5 Å². The molecule has 4 nitrogen and oxygen atoms in total. The van der Waals surface area contributed by atoms with Crippen LogP contribution >= 0.6 is 15.9 Å². The van der Waals surface area contributed by atoms with Crippen LogP contribution in [0.15, 0.2) is 46.9 Å². The second-order valence-corrected chi connectivity index (χ2v) is 10.7. The molecule has 194 valence electrons. The Morgan fingerprint density at radius 3 is 2.64 bits per heavy atom. The number of aromatic nitrogens is 1. The molecule has 36 heavy (non-hydrogen) atoms. The van der Waals surface area contributed by atoms with Crippen molar-refractivity contribution in [3.8, 4) is 5.75 Å². The Kier molecular flexibility index (Phi) is 7.09. The van der Waals surface area contributed by atoms with Crippen LogP contribution in [0, 0.1) is 0 Å². The van der Waals surface area contributed by atoms with Gasteiger partial charge in [-0.2, -0.15) is 8.78 Å². The first-order valence-electron chi connectivity index (χ1n) is 12.2. The molecule has 2 aliphatic rings. The molecule has 3 aromatic rings. The second-order valence-electron chi connectivity index (χ2n) is 9.83. The fourth-order valence-electron chi connectivity index (χ4n) is 5.75. The smallest absolute Gasteiger partial charge is 0.387 e. The van der Waals surface area contributed by atoms with Crippen LogP contribution in [0.3, 0.4) is 0 Å². The van der Waals surface area contributed by atoms with Crippen LogP contribution in [-0.4, -0.2) is 41.2 Å². The maximum absolute atomic E-state index is 14.5. The summed E-state index contributed by atoms with van der Waals surface area (Å²) in [5.41, 5.74) is 3.24. The van der Waals surface area contributed by atoms with Crippen molar-refractivity contribution in [2.45, 2.75) is 70.4 Å². The summed E-state index contributed by atoms with van der Waals surface area (Å²) in [6.07, 6.45) is 3.04. The van der Waals surface area contributed by atoms with E-state index in [0.717, 1.165) is 48.3 Å². The molecule has 1 fully saturated rings. The molecule has 2 aromatic carbocycles. The zero-order valence-corrected chi connectivity index (χ0v) is 21.8. The number of ether oxygens (including phenoxy) is 2. The average molecular weight is 569 g/mol. The van der Waals surface area contributed by atoms with Gasteiger partial charge < -0.3 is 14.0 Å². The van der Waals surface area contributed by atoms with E-state index in [1.807, 2.05) is 31.2 Å². The van der Waals surface area contributed by atoms with Gasteiger partial charge in [0, 0.05) is 40.7 Å². The minimum absolute atomic E-state index is 0.0322. The SMILES string of the molecule is C[C@@H]1Cc2c(n(C3CCCCO3)c3ccccc23)C(c2ccc(Br)cc2OC(F)F)N1CC(C)(F)F. The number of hydrogen-bond donors (Lipinski definition) is 0. The number of para-hydroxylation sites is 1. The lowest BCUT2D eigenvalue weighted by molar-refractivity contribution is -0.0565. The molecule has 1 aromatic heterocycles. The number of rotatable bonds is 6. The summed E-state index contributed by atoms with van der Waals surface area (Å²) in [5.74, 6) is -3.02. The van der Waals surface area contributed by atoms with Gasteiger partial charge in [0.2, 0.25) is 0 Å². The van der Waals surface area contributed by atoms with Crippen molar-refractivity contribution in [2.75, 3.05) is 13.2 Å². The van der Waals surface area contributed by atoms with Crippen molar-refractivity contribution in [2.24, 2.45) is 0 Å². The van der Waals surface area contributed by atoms with Gasteiger partial charge in [-0.15, -0.1) is 0 Å². The van der Waals surface area contributed by atoms with Gasteiger partial charge in [-0.05, 0) is 56.4 Å². The number of fused-ring (bicyclic) bond motifs is 3. The van der Waals surface area contributed by atoms with Crippen LogP contribution in [0.5, 0.6) is 5.75 Å². The second kappa shape index (κ2) is 9.99. The predicted octanol–water partition coefficient (Wildman–Crippen LogP) is 7.70. The van der Waals surface area contributed by atoms with Gasteiger partial charge in [-0.1, -0.05) is 40.2 Å². The van der Waals surface area contributed by atoms with Gasteiger partial charge >= 0.3 is 6.61 Å². The Bertz CT molecular complexity index is 1240. The van der Waals surface area contributed by atoms with Crippen LogP contribution in [-0.2, 0) is 11.2 Å². The van der Waals surface area contributed by atoms with Crippen molar-refractivity contribution in [3.05, 3.63) is 63.8 Å². The van der Waals surface area contributed by atoms with Crippen molar-refractivity contribution in [1.82, 2.24) is 9.47 Å². The molecular formula is C27H29BrF4N2O2. The first-order valence-corrected chi connectivity index (χ1v) is 13.0. The summed E-state index contributed by atoms with van der Waals surface area (Å²) < 4.78 is 69.9. The molecule has 5 rings (SSSR count). The van der Waals surface area contributed by atoms with Crippen LogP contribution in [0.4, 0.5) is 17.6 Å². The van der Waals surface area contributed by atoms with Gasteiger partial charge in [-0.25, -0.2) is 8.78 Å². The minimum Gasteiger partial charge on any atom is -0.434 e. The van der Waals surface area contributed by atoms with Crippen molar-refractivity contribution in [1.29, 1.82) is 0 Å². The van der Waals surface area contributed by atoms with E-state index >= 15 is 0 Å². The number of alkyl halides is 4. The number of nitrogens with zero attached hydrogens (tertiary/aromatic N) is 2. The van der Waals surface area contributed by atoms with E-state index in [1.165, 1.54) is 6.07 Å². The first-order chi connectivity index (χ1) is 17.1. The van der Waals surface area contributed by atoms with Gasteiger partial charge in [0.15, 0.2) is 0 Å². The van der Waals surface area contributed by atoms with E-state index in [0.29, 0.717) is 23.1 Å². The molecule has 0 spiro atoms. The fraction of sp³-hybridized carbons (Fsp3) is 0.481. The fourth-order valence-corrected chi connectivity index (χ4v) is 6.09. The lowest BCUT2D eigenvalue weighted by Crippen LogP contribution is -2.48. The Morgan fingerprint density at radius 2 is 1.94 bits per heavy atom. The monoisotopic (exact) mass is 568 g/mol. The third-order valence-electron chi connectivity index (χ3n) is 7.10. The molecule has 9 heteroatoms. The van der Waals surface area contributed by atoms with Crippen molar-refractivity contribution >= 4 is 26.8 Å². The molecule has 0 aliphatic carbocycles. The van der Waals surface area contributed by atoms with E-state index in [4.69, 9.17) is 9.47 Å². The van der Waals surface area contributed by atoms with Gasteiger partial charge in [-0.3, -0.25) is 4.90 Å². The molecular weight excluding hydrogens is 540 g/mol. The van der Waals surface area contributed by atoms with E-state index in [1.54, 1.807) is 17.0 Å². The van der Waals surface area contributed by atoms with Crippen LogP contribution < -0.4 is 4.74 Å². The van der Waals surface area contributed by atoms with Gasteiger partial charge in [0.05, 0.1) is 18.1 Å². The maximum atomic E-state index is 14.5. The summed E-state index contributed by atoms with van der Waals surface area (Å²) >= 11 is 3.34. The minimum atomic E-state index is -3.05. The van der Waals surface area contributed by atoms with E-state index in [9.17, 15) is 17.6 Å². The molecule has 1 saturated heterocycles. The Balaban J connectivity index is 1.80. The molecule has 0 radical (unpaired) electrons. The summed E-state index contributed by atoms with van der Waals surface area (Å²) in [5, 5.41) is 1.04. The van der Waals surface area contributed by atoms with Crippen molar-refractivity contribution < 1.29 is 27.0 Å². The summed E-state index contributed by atoms with van der Waals surface area (Å²) in [4.78, 5) is 1.72. The molecule has 2 aliphatic heterocycles. The normalized spacial score (nSPS) is 23.3. The van der Waals surface area contributed by atoms with E-state index in [-0.39, 0.29) is 18.0 Å². The highest BCUT2D eigenvalue weighted by Crippen LogP contribution is 2.48. The average Bonchev–Trinajstić information content (AvgIpc) is 3.13. The Hall–Kier alpha value is -2.10. The zero-order valence-electron chi connectivity index (χ0n) is 20.2. The first kappa shape index (κ1) is 25.5. The molecule has 3 heterocycles. The van der Waals surface area contributed by atoms with Gasteiger partial charge in [0.1, 0.15) is 12.0 Å². The molecule has 0 saturated carbocycles. The highest BCUT2D eigenvalue weighted by atomic mass is 79.9. The summed E-state index contributed by atoms with van der Waals surface area (Å²) in [6, 6.07) is 11.9. The standard InChI is InChI=1S/C27H29BrF4N2O2/c1-16-13-20-18-7-3-4-8-21(18)34(23-9-5-6-12-35-23)25(20)24(33(16)15-27(2,31)32)19-11-10-17(28)14-22(19)36-26(29)30/h3-4,7-8,10-11,14,16,23-24,26H,5-6,9,12-13,15H2,1-2H3/t16-,23?,24?/m1/s1. The molecule has 2 unspecified atom stereocenters. The third kappa shape index (κ3) is 4.89. The Morgan fingerprint density at radius 1 is 1.17 bits per heavy atom. The van der Waals surface area contributed by atoms with Crippen LogP contribution in [0.1, 0.15) is 62.2 Å². The van der Waals surface area contributed by atoms with E-state index < -0.39 is 25.1 Å². The molecule has 0 bridgehead atoms. The largest absolute Gasteiger partial charge is 0.434 e. The topological polar surface area (TPSA) is 26.6 Å². The number of halogens is 5. The number of hydrogen-bond acceptors (Lipinski definition) is 3. The number of benzene rings is 2. The van der Waals surface area contributed by atoms with Crippen LogP contribution in [0.25, 0.3) is 10.9 Å². The third-order valence-corrected chi connectivity index (χ3v) is 7.60. The predicted molar refractivity (Wildman–Crippen MR) is 134 cm³/mol. The van der Waals surface area contributed by atoms with Crippen molar-refractivity contribution in [3.63, 3.8) is 0 Å². The lowest BCUT2D eigenvalue weighted by atomic mass is 9.87. The molecule has 0 N–H and O–H groups in total. The molecule has 3 atom stereocenters. The summed E-state index contributed by atoms with van der Waals surface area (Å²) in [6.45, 7) is -0.147. The quantitative estimate of drug-likeness (QED) is 0.285. The lowest BCUT2D eigenvalue weighted by Gasteiger charge is -2.44. The molecule has 0 amide bonds. The Labute approximate surface area is 216 Å². The maximum Gasteiger partial charge on any atom is 0.387 e.